The highest BCUT2D eigenvalue weighted by molar-refractivity contribution is 6.74. The highest BCUT2D eigenvalue weighted by Crippen LogP contribution is 2.42. The second-order valence-electron chi connectivity index (χ2n) is 12.0. The third-order valence-corrected chi connectivity index (χ3v) is 15.9. The molecule has 4 atom stereocenters. The van der Waals surface area contributed by atoms with E-state index in [0.717, 1.165) is 6.29 Å². The molecule has 1 saturated heterocycles. The Morgan fingerprint density at radius 1 is 0.867 bits per heavy atom. The van der Waals surface area contributed by atoms with Gasteiger partial charge in [0.1, 0.15) is 18.5 Å². The van der Waals surface area contributed by atoms with Gasteiger partial charge in [0.25, 0.3) is 0 Å². The monoisotopic (exact) mass is 458 g/mol. The molecule has 7 heteroatoms. The molecule has 1 rings (SSSR count). The summed E-state index contributed by atoms with van der Waals surface area (Å²) in [4.78, 5) is 11.1. The summed E-state index contributed by atoms with van der Waals surface area (Å²) >= 11 is 0. The van der Waals surface area contributed by atoms with E-state index in [1.54, 1.807) is 0 Å². The van der Waals surface area contributed by atoms with Crippen LogP contribution in [-0.4, -0.2) is 53.1 Å². The van der Waals surface area contributed by atoms with Crippen LogP contribution in [0.4, 0.5) is 0 Å². The third-order valence-electron chi connectivity index (χ3n) is 6.85. The van der Waals surface area contributed by atoms with Gasteiger partial charge in [-0.25, -0.2) is 0 Å². The van der Waals surface area contributed by atoms with Crippen LogP contribution < -0.4 is 0 Å². The number of hydrogen-bond donors (Lipinski definition) is 0. The summed E-state index contributed by atoms with van der Waals surface area (Å²) in [5, 5.41) is 0.133. The molecule has 0 aliphatic carbocycles. The van der Waals surface area contributed by atoms with E-state index in [9.17, 15) is 4.79 Å². The largest absolute Gasteiger partial charge is 0.411 e. The van der Waals surface area contributed by atoms with Gasteiger partial charge in [-0.15, -0.1) is 0 Å². The molecule has 0 N–H and O–H groups in total. The topological polar surface area (TPSA) is 54.0 Å². The van der Waals surface area contributed by atoms with Crippen LogP contribution in [0.2, 0.25) is 36.3 Å². The number of carbonyl (C=O) groups excluding carboxylic acids is 1. The molecule has 176 valence electrons. The Morgan fingerprint density at radius 3 is 1.73 bits per heavy atom. The van der Waals surface area contributed by atoms with Crippen molar-refractivity contribution >= 4 is 22.9 Å². The standard InChI is InChI=1S/C23H46O5Si2/c1-17(27-29(10,11)21(2,3)4)19-20(26-23(8,9)25-19)18(15-14-16-24)28-30(12,13)22(5,6)7/h14-20H,1-13H3/b15-14-/t17-,18-,19-,20-/m0/s1. The predicted octanol–water partition coefficient (Wildman–Crippen LogP) is 6.06. The minimum atomic E-state index is -2.11. The lowest BCUT2D eigenvalue weighted by Gasteiger charge is -2.42. The molecule has 1 aliphatic rings. The molecule has 1 heterocycles. The van der Waals surface area contributed by atoms with Crippen molar-refractivity contribution in [3.05, 3.63) is 12.2 Å². The van der Waals surface area contributed by atoms with Crippen LogP contribution in [0.15, 0.2) is 12.2 Å². The molecule has 0 aromatic heterocycles. The van der Waals surface area contributed by atoms with E-state index in [1.807, 2.05) is 19.9 Å². The van der Waals surface area contributed by atoms with Gasteiger partial charge in [0.15, 0.2) is 22.4 Å². The zero-order valence-corrected chi connectivity index (χ0v) is 23.6. The lowest BCUT2D eigenvalue weighted by atomic mass is 10.0. The van der Waals surface area contributed by atoms with Crippen molar-refractivity contribution in [1.29, 1.82) is 0 Å². The Balaban J connectivity index is 3.25. The molecule has 1 aliphatic heterocycles. The number of aldehydes is 1. The van der Waals surface area contributed by atoms with Gasteiger partial charge < -0.3 is 18.3 Å². The molecule has 1 fully saturated rings. The van der Waals surface area contributed by atoms with Crippen LogP contribution in [0.25, 0.3) is 0 Å². The van der Waals surface area contributed by atoms with E-state index in [4.69, 9.17) is 18.3 Å². The van der Waals surface area contributed by atoms with Crippen molar-refractivity contribution in [1.82, 2.24) is 0 Å². The number of ether oxygens (including phenoxy) is 2. The van der Waals surface area contributed by atoms with E-state index < -0.39 is 22.4 Å². The summed E-state index contributed by atoms with van der Waals surface area (Å²) in [7, 11) is -4.10. The Bertz CT molecular complexity index is 614. The summed E-state index contributed by atoms with van der Waals surface area (Å²) in [5.74, 6) is -0.746. The molecule has 0 aromatic rings. The van der Waals surface area contributed by atoms with Gasteiger partial charge in [0.05, 0.1) is 12.2 Å². The second-order valence-corrected chi connectivity index (χ2v) is 21.5. The summed E-state index contributed by atoms with van der Waals surface area (Å²) in [6.07, 6.45) is 2.91. The minimum Gasteiger partial charge on any atom is -0.411 e. The first-order chi connectivity index (χ1) is 13.2. The van der Waals surface area contributed by atoms with Crippen LogP contribution in [0.1, 0.15) is 62.3 Å². The maximum Gasteiger partial charge on any atom is 0.193 e. The fraction of sp³-hybridized carbons (Fsp3) is 0.870. The number of carbonyl (C=O) groups is 1. The predicted molar refractivity (Wildman–Crippen MR) is 129 cm³/mol. The highest BCUT2D eigenvalue weighted by Gasteiger charge is 2.51. The van der Waals surface area contributed by atoms with Crippen LogP contribution in [0, 0.1) is 0 Å². The molecule has 30 heavy (non-hydrogen) atoms. The second kappa shape index (κ2) is 9.28. The van der Waals surface area contributed by atoms with Crippen LogP contribution in [0.3, 0.4) is 0 Å². The van der Waals surface area contributed by atoms with Crippen molar-refractivity contribution in [2.24, 2.45) is 0 Å². The van der Waals surface area contributed by atoms with E-state index in [2.05, 4.69) is 74.7 Å². The van der Waals surface area contributed by atoms with Crippen molar-refractivity contribution in [2.75, 3.05) is 0 Å². The molecule has 0 radical (unpaired) electrons. The Hall–Kier alpha value is -0.316. The van der Waals surface area contributed by atoms with Crippen molar-refractivity contribution < 1.29 is 23.1 Å². The normalized spacial score (nSPS) is 25.5. The number of rotatable bonds is 8. The van der Waals surface area contributed by atoms with Gasteiger partial charge in [-0.3, -0.25) is 4.79 Å². The molecule has 0 saturated carbocycles. The van der Waals surface area contributed by atoms with Crippen molar-refractivity contribution in [2.45, 2.75) is 129 Å². The zero-order valence-electron chi connectivity index (χ0n) is 21.6. The Kier molecular flexibility index (Phi) is 8.57. The minimum absolute atomic E-state index is 0.0357. The first kappa shape index (κ1) is 27.7. The van der Waals surface area contributed by atoms with Crippen molar-refractivity contribution in [3.63, 3.8) is 0 Å². The molecule has 0 bridgehead atoms. The first-order valence-electron chi connectivity index (χ1n) is 11.1. The summed E-state index contributed by atoms with van der Waals surface area (Å²) < 4.78 is 26.0. The van der Waals surface area contributed by atoms with E-state index in [1.165, 1.54) is 6.08 Å². The first-order valence-corrected chi connectivity index (χ1v) is 16.9. The third kappa shape index (κ3) is 6.84. The maximum atomic E-state index is 11.1. The average molecular weight is 459 g/mol. The van der Waals surface area contributed by atoms with Gasteiger partial charge in [0.2, 0.25) is 0 Å². The zero-order chi connectivity index (χ0) is 23.8. The maximum absolute atomic E-state index is 11.1. The molecular weight excluding hydrogens is 412 g/mol. The molecule has 5 nitrogen and oxygen atoms in total. The molecule has 0 amide bonds. The average Bonchev–Trinajstić information content (AvgIpc) is 2.84. The molecular formula is C23H46O5Si2. The Morgan fingerprint density at radius 2 is 1.30 bits per heavy atom. The van der Waals surface area contributed by atoms with E-state index in [0.29, 0.717) is 0 Å². The quantitative estimate of drug-likeness (QED) is 0.251. The summed E-state index contributed by atoms with van der Waals surface area (Å²) in [6.45, 7) is 28.1. The fourth-order valence-electron chi connectivity index (χ4n) is 3.03. The lowest BCUT2D eigenvalue weighted by molar-refractivity contribution is -0.157. The summed E-state index contributed by atoms with van der Waals surface area (Å²) in [5.41, 5.74) is 0. The molecule has 0 aromatic carbocycles. The van der Waals surface area contributed by atoms with Gasteiger partial charge in [-0.1, -0.05) is 47.6 Å². The molecule has 0 spiro atoms. The highest BCUT2D eigenvalue weighted by atomic mass is 28.4. The smallest absolute Gasteiger partial charge is 0.193 e. The van der Waals surface area contributed by atoms with Crippen molar-refractivity contribution in [3.8, 4) is 0 Å². The van der Waals surface area contributed by atoms with Gasteiger partial charge in [0, 0.05) is 0 Å². The van der Waals surface area contributed by atoms with Gasteiger partial charge >= 0.3 is 0 Å². The SMILES string of the molecule is C[C@H](O[Si](C)(C)C(C)(C)C)[C@@H]1OC(C)(C)O[C@H]1[C@H](/C=C\C=O)O[Si](C)(C)C(C)(C)C. The number of allylic oxidation sites excluding steroid dienone is 1. The van der Waals surface area contributed by atoms with Crippen LogP contribution in [-0.2, 0) is 23.1 Å². The fourth-order valence-corrected chi connectivity index (χ4v) is 5.69. The van der Waals surface area contributed by atoms with Gasteiger partial charge in [-0.2, -0.15) is 0 Å². The van der Waals surface area contributed by atoms with E-state index >= 15 is 0 Å². The Labute approximate surface area is 187 Å². The van der Waals surface area contributed by atoms with E-state index in [-0.39, 0.29) is 34.5 Å². The lowest BCUT2D eigenvalue weighted by Crippen LogP contribution is -2.52. The summed E-state index contributed by atoms with van der Waals surface area (Å²) in [6, 6.07) is 0. The number of hydrogen-bond acceptors (Lipinski definition) is 5. The van der Waals surface area contributed by atoms with Crippen LogP contribution >= 0.6 is 0 Å². The molecule has 0 unspecified atom stereocenters. The van der Waals surface area contributed by atoms with Gasteiger partial charge in [-0.05, 0) is 63.1 Å². The van der Waals surface area contributed by atoms with Crippen LogP contribution in [0.5, 0.6) is 0 Å².